The first-order valence-electron chi connectivity index (χ1n) is 3.60. The predicted octanol–water partition coefficient (Wildman–Crippen LogP) is 1.92. The molecule has 0 unspecified atom stereocenters. The fourth-order valence-electron chi connectivity index (χ4n) is 0.937. The molecular weight excluding hydrogens is 281 g/mol. The Labute approximate surface area is 88.3 Å². The standard InChI is InChI=1S/C8H6IN3O/c9-5-1-2-6(11-4-5)7-3-8(10)13-12-7/h1-4H,10H2. The van der Waals surface area contributed by atoms with E-state index in [4.69, 9.17) is 10.3 Å². The lowest BCUT2D eigenvalue weighted by Gasteiger charge is -1.92. The van der Waals surface area contributed by atoms with Crippen LogP contribution in [0.1, 0.15) is 0 Å². The minimum atomic E-state index is 0.301. The van der Waals surface area contributed by atoms with Crippen molar-refractivity contribution >= 4 is 28.5 Å². The number of nitrogen functional groups attached to an aromatic ring is 1. The van der Waals surface area contributed by atoms with Crippen LogP contribution in [0.3, 0.4) is 0 Å². The number of rotatable bonds is 1. The Morgan fingerprint density at radius 2 is 2.15 bits per heavy atom. The Hall–Kier alpha value is -1.11. The Bertz CT molecular complexity index is 410. The van der Waals surface area contributed by atoms with Gasteiger partial charge in [-0.1, -0.05) is 5.16 Å². The molecule has 0 saturated carbocycles. The predicted molar refractivity (Wildman–Crippen MR) is 56.9 cm³/mol. The van der Waals surface area contributed by atoms with E-state index in [9.17, 15) is 0 Å². The molecule has 13 heavy (non-hydrogen) atoms. The summed E-state index contributed by atoms with van der Waals surface area (Å²) in [5.74, 6) is 0.301. The van der Waals surface area contributed by atoms with Crippen molar-refractivity contribution in [3.8, 4) is 11.4 Å². The number of anilines is 1. The third kappa shape index (κ3) is 1.80. The van der Waals surface area contributed by atoms with Gasteiger partial charge in [-0.2, -0.15) is 0 Å². The van der Waals surface area contributed by atoms with E-state index in [0.717, 1.165) is 9.26 Å². The largest absolute Gasteiger partial charge is 0.368 e. The van der Waals surface area contributed by atoms with E-state index < -0.39 is 0 Å². The fourth-order valence-corrected chi connectivity index (χ4v) is 1.26. The highest BCUT2D eigenvalue weighted by atomic mass is 127. The summed E-state index contributed by atoms with van der Waals surface area (Å²) in [6, 6.07) is 5.47. The molecule has 0 aliphatic rings. The molecule has 0 fully saturated rings. The monoisotopic (exact) mass is 287 g/mol. The first-order chi connectivity index (χ1) is 6.25. The molecule has 2 aromatic heterocycles. The molecule has 0 atom stereocenters. The maximum absolute atomic E-state index is 5.39. The normalized spacial score (nSPS) is 10.2. The van der Waals surface area contributed by atoms with Crippen LogP contribution in [-0.2, 0) is 0 Å². The molecule has 2 N–H and O–H groups in total. The van der Waals surface area contributed by atoms with E-state index in [1.165, 1.54) is 0 Å². The molecule has 0 amide bonds. The smallest absolute Gasteiger partial charge is 0.222 e. The number of nitrogens with zero attached hydrogens (tertiary/aromatic N) is 2. The summed E-state index contributed by atoms with van der Waals surface area (Å²) in [5.41, 5.74) is 6.81. The number of hydrogen-bond acceptors (Lipinski definition) is 4. The Morgan fingerprint density at radius 3 is 2.69 bits per heavy atom. The molecule has 2 heterocycles. The minimum Gasteiger partial charge on any atom is -0.368 e. The molecule has 2 rings (SSSR count). The van der Waals surface area contributed by atoms with Crippen LogP contribution < -0.4 is 5.73 Å². The Morgan fingerprint density at radius 1 is 1.31 bits per heavy atom. The third-order valence-corrected chi connectivity index (χ3v) is 2.16. The number of halogens is 1. The number of pyridine rings is 1. The van der Waals surface area contributed by atoms with Gasteiger partial charge in [0.15, 0.2) is 0 Å². The summed E-state index contributed by atoms with van der Waals surface area (Å²) in [4.78, 5) is 4.18. The molecule has 0 spiro atoms. The first-order valence-corrected chi connectivity index (χ1v) is 4.68. The SMILES string of the molecule is Nc1cc(-c2ccc(I)cn2)no1. The van der Waals surface area contributed by atoms with Gasteiger partial charge in [0.2, 0.25) is 5.88 Å². The van der Waals surface area contributed by atoms with Gasteiger partial charge in [-0.05, 0) is 34.7 Å². The van der Waals surface area contributed by atoms with Crippen LogP contribution in [0.2, 0.25) is 0 Å². The number of hydrogen-bond donors (Lipinski definition) is 1. The van der Waals surface area contributed by atoms with Crippen molar-refractivity contribution in [3.05, 3.63) is 28.0 Å². The third-order valence-electron chi connectivity index (χ3n) is 1.52. The van der Waals surface area contributed by atoms with Crippen molar-refractivity contribution in [2.24, 2.45) is 0 Å². The second-order valence-corrected chi connectivity index (χ2v) is 3.72. The average molecular weight is 287 g/mol. The molecule has 66 valence electrons. The van der Waals surface area contributed by atoms with Gasteiger partial charge in [0.05, 0.1) is 5.69 Å². The van der Waals surface area contributed by atoms with Gasteiger partial charge in [0.1, 0.15) is 5.69 Å². The van der Waals surface area contributed by atoms with Crippen molar-refractivity contribution in [2.75, 3.05) is 5.73 Å². The maximum atomic E-state index is 5.39. The molecule has 0 saturated heterocycles. The van der Waals surface area contributed by atoms with E-state index in [1.807, 2.05) is 12.1 Å². The minimum absolute atomic E-state index is 0.301. The van der Waals surface area contributed by atoms with Crippen LogP contribution in [0.15, 0.2) is 28.9 Å². The van der Waals surface area contributed by atoms with Gasteiger partial charge in [0, 0.05) is 15.8 Å². The van der Waals surface area contributed by atoms with Gasteiger partial charge in [-0.3, -0.25) is 4.98 Å². The molecule has 2 aromatic rings. The van der Waals surface area contributed by atoms with Crippen LogP contribution >= 0.6 is 22.6 Å². The number of aromatic nitrogens is 2. The molecule has 0 aliphatic carbocycles. The summed E-state index contributed by atoms with van der Waals surface area (Å²) in [5, 5.41) is 3.75. The Balaban J connectivity index is 2.41. The first kappa shape index (κ1) is 8.49. The zero-order chi connectivity index (χ0) is 9.26. The zero-order valence-corrected chi connectivity index (χ0v) is 8.72. The molecular formula is C8H6IN3O. The van der Waals surface area contributed by atoms with Crippen molar-refractivity contribution in [3.63, 3.8) is 0 Å². The van der Waals surface area contributed by atoms with Crippen molar-refractivity contribution in [1.29, 1.82) is 0 Å². The second-order valence-electron chi connectivity index (χ2n) is 2.48. The van der Waals surface area contributed by atoms with Gasteiger partial charge < -0.3 is 10.3 Å². The fraction of sp³-hybridized carbons (Fsp3) is 0. The van der Waals surface area contributed by atoms with E-state index in [1.54, 1.807) is 12.3 Å². The van der Waals surface area contributed by atoms with E-state index >= 15 is 0 Å². The number of nitrogens with two attached hydrogens (primary N) is 1. The summed E-state index contributed by atoms with van der Waals surface area (Å²) in [6.45, 7) is 0. The van der Waals surface area contributed by atoms with Gasteiger partial charge in [0.25, 0.3) is 0 Å². The molecule has 0 aromatic carbocycles. The van der Waals surface area contributed by atoms with E-state index in [2.05, 4.69) is 32.7 Å². The average Bonchev–Trinajstić information content (AvgIpc) is 2.53. The highest BCUT2D eigenvalue weighted by Gasteiger charge is 2.04. The van der Waals surface area contributed by atoms with Gasteiger partial charge in [-0.15, -0.1) is 0 Å². The lowest BCUT2D eigenvalue weighted by Crippen LogP contribution is -1.83. The molecule has 0 bridgehead atoms. The van der Waals surface area contributed by atoms with Crippen LogP contribution in [0.5, 0.6) is 0 Å². The highest BCUT2D eigenvalue weighted by Crippen LogP contribution is 2.18. The van der Waals surface area contributed by atoms with Crippen molar-refractivity contribution in [2.45, 2.75) is 0 Å². The topological polar surface area (TPSA) is 64.9 Å². The zero-order valence-electron chi connectivity index (χ0n) is 6.57. The summed E-state index contributed by atoms with van der Waals surface area (Å²) in [7, 11) is 0. The summed E-state index contributed by atoms with van der Waals surface area (Å²) in [6.07, 6.45) is 1.76. The summed E-state index contributed by atoms with van der Waals surface area (Å²) >= 11 is 2.19. The van der Waals surface area contributed by atoms with Crippen LogP contribution in [0.25, 0.3) is 11.4 Å². The van der Waals surface area contributed by atoms with Gasteiger partial charge in [-0.25, -0.2) is 0 Å². The maximum Gasteiger partial charge on any atom is 0.222 e. The lowest BCUT2D eigenvalue weighted by atomic mass is 10.3. The molecule has 4 nitrogen and oxygen atoms in total. The van der Waals surface area contributed by atoms with E-state index in [0.29, 0.717) is 11.6 Å². The highest BCUT2D eigenvalue weighted by molar-refractivity contribution is 14.1. The quantitative estimate of drug-likeness (QED) is 0.814. The second kappa shape index (κ2) is 3.33. The van der Waals surface area contributed by atoms with Crippen LogP contribution in [-0.4, -0.2) is 10.1 Å². The van der Waals surface area contributed by atoms with Crippen LogP contribution in [0, 0.1) is 3.57 Å². The van der Waals surface area contributed by atoms with Crippen LogP contribution in [0.4, 0.5) is 5.88 Å². The van der Waals surface area contributed by atoms with Crippen molar-refractivity contribution < 1.29 is 4.52 Å². The Kier molecular flexibility index (Phi) is 2.17. The van der Waals surface area contributed by atoms with Crippen molar-refractivity contribution in [1.82, 2.24) is 10.1 Å². The van der Waals surface area contributed by atoms with Gasteiger partial charge >= 0.3 is 0 Å². The molecule has 0 aliphatic heterocycles. The lowest BCUT2D eigenvalue weighted by molar-refractivity contribution is 0.439. The van der Waals surface area contributed by atoms with E-state index in [-0.39, 0.29) is 0 Å². The summed E-state index contributed by atoms with van der Waals surface area (Å²) < 4.78 is 5.82. The molecule has 5 heteroatoms. The molecule has 0 radical (unpaired) electrons.